The van der Waals surface area contributed by atoms with Crippen molar-refractivity contribution in [3.8, 4) is 0 Å². The monoisotopic (exact) mass is 218 g/mol. The number of carbonyl (C=O) groups is 1. The molecule has 4 nitrogen and oxygen atoms in total. The number of hydrogen-bond donors (Lipinski definition) is 1. The Hall–Kier alpha value is -2.10. The zero-order valence-electron chi connectivity index (χ0n) is 8.47. The van der Waals surface area contributed by atoms with Gasteiger partial charge in [0.15, 0.2) is 5.43 Å². The third-order valence-electron chi connectivity index (χ3n) is 2.27. The Balaban J connectivity index is 2.42. The second-order valence-electron chi connectivity index (χ2n) is 3.47. The molecule has 1 heterocycles. The van der Waals surface area contributed by atoms with E-state index in [0.717, 1.165) is 0 Å². The van der Waals surface area contributed by atoms with E-state index >= 15 is 0 Å². The largest absolute Gasteiger partial charge is 0.481 e. The maximum absolute atomic E-state index is 11.6. The highest BCUT2D eigenvalue weighted by molar-refractivity contribution is 5.76. The van der Waals surface area contributed by atoms with E-state index in [9.17, 15) is 9.59 Å². The molecule has 0 aliphatic heterocycles. The van der Waals surface area contributed by atoms with Gasteiger partial charge >= 0.3 is 5.97 Å². The van der Waals surface area contributed by atoms with Crippen molar-refractivity contribution in [3.05, 3.63) is 46.3 Å². The van der Waals surface area contributed by atoms with Gasteiger partial charge in [-0.15, -0.1) is 0 Å². The van der Waals surface area contributed by atoms with E-state index < -0.39 is 5.97 Å². The molecule has 1 aromatic heterocycles. The van der Waals surface area contributed by atoms with E-state index in [-0.39, 0.29) is 18.3 Å². The molecule has 0 unspecified atom stereocenters. The molecule has 0 fully saturated rings. The molecule has 0 spiro atoms. The first-order valence-corrected chi connectivity index (χ1v) is 4.90. The van der Waals surface area contributed by atoms with Crippen molar-refractivity contribution in [2.24, 2.45) is 0 Å². The maximum Gasteiger partial charge on any atom is 0.303 e. The smallest absolute Gasteiger partial charge is 0.303 e. The highest BCUT2D eigenvalue weighted by atomic mass is 16.4. The molecule has 0 bridgehead atoms. The van der Waals surface area contributed by atoms with Crippen molar-refractivity contribution in [2.45, 2.75) is 12.8 Å². The summed E-state index contributed by atoms with van der Waals surface area (Å²) in [4.78, 5) is 22.0. The molecular formula is C12H10O4. The Kier molecular flexibility index (Phi) is 2.72. The normalized spacial score (nSPS) is 10.5. The van der Waals surface area contributed by atoms with Gasteiger partial charge in [0, 0.05) is 12.5 Å². The predicted octanol–water partition coefficient (Wildman–Crippen LogP) is 1.81. The van der Waals surface area contributed by atoms with Crippen molar-refractivity contribution in [3.63, 3.8) is 0 Å². The zero-order valence-corrected chi connectivity index (χ0v) is 8.47. The Morgan fingerprint density at radius 3 is 2.81 bits per heavy atom. The molecule has 4 heteroatoms. The van der Waals surface area contributed by atoms with E-state index in [1.165, 1.54) is 6.07 Å². The molecule has 0 radical (unpaired) electrons. The minimum Gasteiger partial charge on any atom is -0.481 e. The Morgan fingerprint density at radius 2 is 2.06 bits per heavy atom. The molecule has 0 saturated heterocycles. The molecule has 0 amide bonds. The van der Waals surface area contributed by atoms with Gasteiger partial charge in [-0.25, -0.2) is 0 Å². The Labute approximate surface area is 91.1 Å². The van der Waals surface area contributed by atoms with Crippen molar-refractivity contribution in [1.29, 1.82) is 0 Å². The van der Waals surface area contributed by atoms with Crippen molar-refractivity contribution >= 4 is 16.9 Å². The standard InChI is InChI=1S/C12H10O4/c13-10-7-8(5-6-12(14)15)16-11-4-2-1-3-9(10)11/h1-4,7H,5-6H2,(H,14,15). The number of carboxylic acid groups (broad SMARTS) is 1. The van der Waals surface area contributed by atoms with Crippen LogP contribution in [0, 0.1) is 0 Å². The molecule has 0 saturated carbocycles. The molecule has 0 aliphatic carbocycles. The van der Waals surface area contributed by atoms with E-state index in [2.05, 4.69) is 0 Å². The fourth-order valence-electron chi connectivity index (χ4n) is 1.51. The highest BCUT2D eigenvalue weighted by Gasteiger charge is 2.05. The summed E-state index contributed by atoms with van der Waals surface area (Å²) in [5.41, 5.74) is 0.359. The van der Waals surface area contributed by atoms with Crippen LogP contribution in [0.4, 0.5) is 0 Å². The van der Waals surface area contributed by atoms with Gasteiger partial charge in [-0.05, 0) is 12.1 Å². The number of hydrogen-bond acceptors (Lipinski definition) is 3. The van der Waals surface area contributed by atoms with Crippen LogP contribution in [0.15, 0.2) is 39.5 Å². The summed E-state index contributed by atoms with van der Waals surface area (Å²) in [5, 5.41) is 9.05. The topological polar surface area (TPSA) is 67.5 Å². The van der Waals surface area contributed by atoms with Crippen LogP contribution < -0.4 is 5.43 Å². The van der Waals surface area contributed by atoms with Crippen molar-refractivity contribution < 1.29 is 14.3 Å². The Bertz CT molecular complexity index is 583. The number of benzene rings is 1. The lowest BCUT2D eigenvalue weighted by Gasteiger charge is -2.00. The maximum atomic E-state index is 11.6. The minimum absolute atomic E-state index is 0.0404. The van der Waals surface area contributed by atoms with Crippen LogP contribution in [0.25, 0.3) is 11.0 Å². The molecule has 82 valence electrons. The first-order chi connectivity index (χ1) is 7.66. The molecule has 2 rings (SSSR count). The van der Waals surface area contributed by atoms with E-state index in [1.807, 2.05) is 0 Å². The van der Waals surface area contributed by atoms with Crippen LogP contribution in [0.2, 0.25) is 0 Å². The number of aliphatic carboxylic acids is 1. The SMILES string of the molecule is O=C(O)CCc1cc(=O)c2ccccc2o1. The van der Waals surface area contributed by atoms with Crippen LogP contribution in [0.3, 0.4) is 0 Å². The average molecular weight is 218 g/mol. The lowest BCUT2D eigenvalue weighted by Crippen LogP contribution is -2.04. The van der Waals surface area contributed by atoms with E-state index in [0.29, 0.717) is 16.7 Å². The summed E-state index contributed by atoms with van der Waals surface area (Å²) in [6.07, 6.45) is 0.191. The lowest BCUT2D eigenvalue weighted by molar-refractivity contribution is -0.137. The van der Waals surface area contributed by atoms with Gasteiger partial charge in [0.2, 0.25) is 0 Å². The first-order valence-electron chi connectivity index (χ1n) is 4.90. The van der Waals surface area contributed by atoms with Gasteiger partial charge in [-0.1, -0.05) is 12.1 Å². The van der Waals surface area contributed by atoms with Crippen LogP contribution in [0.1, 0.15) is 12.2 Å². The molecule has 0 atom stereocenters. The van der Waals surface area contributed by atoms with Gasteiger partial charge < -0.3 is 9.52 Å². The lowest BCUT2D eigenvalue weighted by atomic mass is 10.2. The fraction of sp³-hybridized carbons (Fsp3) is 0.167. The molecule has 0 aliphatic rings. The minimum atomic E-state index is -0.907. The third-order valence-corrected chi connectivity index (χ3v) is 2.27. The van der Waals surface area contributed by atoms with Gasteiger partial charge in [-0.3, -0.25) is 9.59 Å². The number of fused-ring (bicyclic) bond motifs is 1. The Morgan fingerprint density at radius 1 is 1.31 bits per heavy atom. The predicted molar refractivity (Wildman–Crippen MR) is 58.4 cm³/mol. The zero-order chi connectivity index (χ0) is 11.5. The van der Waals surface area contributed by atoms with Gasteiger partial charge in [0.25, 0.3) is 0 Å². The van der Waals surface area contributed by atoms with Crippen molar-refractivity contribution in [2.75, 3.05) is 0 Å². The highest BCUT2D eigenvalue weighted by Crippen LogP contribution is 2.12. The number of rotatable bonds is 3. The van der Waals surface area contributed by atoms with Crippen LogP contribution in [0.5, 0.6) is 0 Å². The van der Waals surface area contributed by atoms with Crippen LogP contribution in [-0.2, 0) is 11.2 Å². The second kappa shape index (κ2) is 4.18. The summed E-state index contributed by atoms with van der Waals surface area (Å²) in [6.45, 7) is 0. The average Bonchev–Trinajstić information content (AvgIpc) is 2.26. The molecule has 1 aromatic carbocycles. The van der Waals surface area contributed by atoms with Crippen LogP contribution >= 0.6 is 0 Å². The fourth-order valence-corrected chi connectivity index (χ4v) is 1.51. The number of carboxylic acids is 1. The second-order valence-corrected chi connectivity index (χ2v) is 3.47. The summed E-state index contributed by atoms with van der Waals surface area (Å²) >= 11 is 0. The summed E-state index contributed by atoms with van der Waals surface area (Å²) in [6, 6.07) is 8.26. The van der Waals surface area contributed by atoms with Gasteiger partial charge in [0.1, 0.15) is 11.3 Å². The number of para-hydroxylation sites is 1. The van der Waals surface area contributed by atoms with Gasteiger partial charge in [0.05, 0.1) is 11.8 Å². The summed E-state index contributed by atoms with van der Waals surface area (Å²) in [5.74, 6) is -0.498. The summed E-state index contributed by atoms with van der Waals surface area (Å²) in [7, 11) is 0. The summed E-state index contributed by atoms with van der Waals surface area (Å²) < 4.78 is 5.43. The molecule has 16 heavy (non-hydrogen) atoms. The van der Waals surface area contributed by atoms with Crippen LogP contribution in [-0.4, -0.2) is 11.1 Å². The van der Waals surface area contributed by atoms with Gasteiger partial charge in [-0.2, -0.15) is 0 Å². The molecule has 1 N–H and O–H groups in total. The molecular weight excluding hydrogens is 208 g/mol. The third kappa shape index (κ3) is 2.11. The van der Waals surface area contributed by atoms with E-state index in [4.69, 9.17) is 9.52 Å². The first kappa shape index (κ1) is 10.4. The molecule has 2 aromatic rings. The number of aryl methyl sites for hydroxylation is 1. The van der Waals surface area contributed by atoms with Crippen molar-refractivity contribution in [1.82, 2.24) is 0 Å². The van der Waals surface area contributed by atoms with E-state index in [1.54, 1.807) is 24.3 Å². The quantitative estimate of drug-likeness (QED) is 0.853.